The Bertz CT molecular complexity index is 595. The van der Waals surface area contributed by atoms with Crippen molar-refractivity contribution < 1.29 is 9.47 Å². The van der Waals surface area contributed by atoms with Crippen LogP contribution in [-0.4, -0.2) is 13.2 Å². The third-order valence-electron chi connectivity index (χ3n) is 4.04. The van der Waals surface area contributed by atoms with Crippen LogP contribution in [0.5, 0.6) is 11.5 Å². The first-order chi connectivity index (χ1) is 12.3. The highest BCUT2D eigenvalue weighted by Gasteiger charge is 2.03. The maximum Gasteiger partial charge on any atom is 0.124 e. The zero-order valence-corrected chi connectivity index (χ0v) is 15.6. The van der Waals surface area contributed by atoms with Crippen LogP contribution in [0.25, 0.3) is 0 Å². The van der Waals surface area contributed by atoms with Gasteiger partial charge in [-0.15, -0.1) is 0 Å². The molecule has 0 aromatic heterocycles. The van der Waals surface area contributed by atoms with E-state index < -0.39 is 0 Å². The Morgan fingerprint density at radius 2 is 1.56 bits per heavy atom. The predicted octanol–water partition coefficient (Wildman–Crippen LogP) is 6.05. The highest BCUT2D eigenvalue weighted by Crippen LogP contribution is 2.21. The minimum absolute atomic E-state index is 0.747. The normalized spacial score (nSPS) is 10.5. The summed E-state index contributed by atoms with van der Waals surface area (Å²) in [5.41, 5.74) is 2.26. The number of rotatable bonds is 12. The second-order valence-electron chi connectivity index (χ2n) is 6.24. The summed E-state index contributed by atoms with van der Waals surface area (Å²) in [6, 6.07) is 16.4. The molecule has 0 saturated heterocycles. The van der Waals surface area contributed by atoms with Gasteiger partial charge in [-0.1, -0.05) is 51.3 Å². The van der Waals surface area contributed by atoms with Crippen molar-refractivity contribution in [2.75, 3.05) is 18.5 Å². The van der Waals surface area contributed by atoms with E-state index in [-0.39, 0.29) is 0 Å². The van der Waals surface area contributed by atoms with E-state index in [2.05, 4.69) is 37.4 Å². The summed E-state index contributed by atoms with van der Waals surface area (Å²) >= 11 is 0. The van der Waals surface area contributed by atoms with Crippen LogP contribution in [0.4, 0.5) is 5.69 Å². The van der Waals surface area contributed by atoms with Crippen LogP contribution < -0.4 is 14.8 Å². The molecule has 0 unspecified atom stereocenters. The molecule has 136 valence electrons. The molecule has 0 atom stereocenters. The smallest absolute Gasteiger partial charge is 0.124 e. The number of unbranched alkanes of at least 4 members (excludes halogenated alkanes) is 3. The number of benzene rings is 2. The topological polar surface area (TPSA) is 30.5 Å². The van der Waals surface area contributed by atoms with E-state index in [9.17, 15) is 0 Å². The summed E-state index contributed by atoms with van der Waals surface area (Å²) in [5, 5.41) is 3.45. The monoisotopic (exact) mass is 341 g/mol. The largest absolute Gasteiger partial charge is 0.494 e. The van der Waals surface area contributed by atoms with Crippen LogP contribution in [-0.2, 0) is 6.54 Å². The van der Waals surface area contributed by atoms with E-state index in [1.54, 1.807) is 0 Å². The third-order valence-corrected chi connectivity index (χ3v) is 4.04. The van der Waals surface area contributed by atoms with Crippen molar-refractivity contribution in [2.45, 2.75) is 52.5 Å². The zero-order valence-electron chi connectivity index (χ0n) is 15.6. The van der Waals surface area contributed by atoms with E-state index in [1.165, 1.54) is 24.8 Å². The van der Waals surface area contributed by atoms with E-state index in [1.807, 2.05) is 30.3 Å². The third kappa shape index (κ3) is 7.08. The molecule has 0 amide bonds. The molecule has 2 rings (SSSR count). The fraction of sp³-hybridized carbons (Fsp3) is 0.455. The van der Waals surface area contributed by atoms with Gasteiger partial charge in [-0.25, -0.2) is 0 Å². The lowest BCUT2D eigenvalue weighted by Gasteiger charge is -2.13. The van der Waals surface area contributed by atoms with Crippen molar-refractivity contribution in [1.29, 1.82) is 0 Å². The number of anilines is 1. The SMILES string of the molecule is CCCCCCOc1ccc(NCc2ccccc2OCCC)cc1. The second kappa shape index (κ2) is 11.4. The van der Waals surface area contributed by atoms with Crippen LogP contribution in [0.2, 0.25) is 0 Å². The summed E-state index contributed by atoms with van der Waals surface area (Å²) in [5.74, 6) is 1.90. The maximum absolute atomic E-state index is 5.81. The van der Waals surface area contributed by atoms with Gasteiger partial charge in [-0.05, 0) is 43.2 Å². The van der Waals surface area contributed by atoms with Crippen LogP contribution in [0.3, 0.4) is 0 Å². The molecule has 0 saturated carbocycles. The minimum atomic E-state index is 0.747. The summed E-state index contributed by atoms with van der Waals surface area (Å²) in [7, 11) is 0. The number of hydrogen-bond donors (Lipinski definition) is 1. The van der Waals surface area contributed by atoms with Crippen molar-refractivity contribution in [1.82, 2.24) is 0 Å². The lowest BCUT2D eigenvalue weighted by molar-refractivity contribution is 0.305. The number of para-hydroxylation sites is 1. The predicted molar refractivity (Wildman–Crippen MR) is 106 cm³/mol. The number of hydrogen-bond acceptors (Lipinski definition) is 3. The number of ether oxygens (including phenoxy) is 2. The zero-order chi connectivity index (χ0) is 17.7. The van der Waals surface area contributed by atoms with Crippen LogP contribution in [0.1, 0.15) is 51.5 Å². The molecular formula is C22H31NO2. The average Bonchev–Trinajstić information content (AvgIpc) is 2.66. The summed E-state index contributed by atoms with van der Waals surface area (Å²) < 4.78 is 11.6. The van der Waals surface area contributed by atoms with Crippen molar-refractivity contribution in [2.24, 2.45) is 0 Å². The molecule has 0 spiro atoms. The first-order valence-electron chi connectivity index (χ1n) is 9.51. The minimum Gasteiger partial charge on any atom is -0.494 e. The fourth-order valence-electron chi connectivity index (χ4n) is 2.59. The molecule has 1 N–H and O–H groups in total. The molecule has 0 aliphatic carbocycles. The van der Waals surface area contributed by atoms with Gasteiger partial charge in [0.05, 0.1) is 13.2 Å². The van der Waals surface area contributed by atoms with Crippen molar-refractivity contribution >= 4 is 5.69 Å². The molecule has 2 aromatic carbocycles. The molecule has 3 nitrogen and oxygen atoms in total. The Labute approximate surface area is 152 Å². The first-order valence-corrected chi connectivity index (χ1v) is 9.51. The lowest BCUT2D eigenvalue weighted by Crippen LogP contribution is -2.04. The van der Waals surface area contributed by atoms with Gasteiger partial charge in [0, 0.05) is 17.8 Å². The van der Waals surface area contributed by atoms with Gasteiger partial charge in [-0.2, -0.15) is 0 Å². The fourth-order valence-corrected chi connectivity index (χ4v) is 2.59. The van der Waals surface area contributed by atoms with E-state index in [0.29, 0.717) is 0 Å². The van der Waals surface area contributed by atoms with Gasteiger partial charge in [0.2, 0.25) is 0 Å². The Kier molecular flexibility index (Phi) is 8.74. The average molecular weight is 341 g/mol. The molecule has 0 aliphatic heterocycles. The van der Waals surface area contributed by atoms with Crippen LogP contribution >= 0.6 is 0 Å². The molecule has 2 aromatic rings. The van der Waals surface area contributed by atoms with Gasteiger partial charge in [0.1, 0.15) is 11.5 Å². The van der Waals surface area contributed by atoms with Crippen molar-refractivity contribution in [3.8, 4) is 11.5 Å². The summed E-state index contributed by atoms with van der Waals surface area (Å²) in [6.45, 7) is 6.64. The molecule has 0 fully saturated rings. The highest BCUT2D eigenvalue weighted by atomic mass is 16.5. The van der Waals surface area contributed by atoms with Crippen LogP contribution in [0, 0.1) is 0 Å². The molecule has 0 aliphatic rings. The number of nitrogens with one attached hydrogen (secondary N) is 1. The Hall–Kier alpha value is -2.16. The van der Waals surface area contributed by atoms with Crippen molar-refractivity contribution in [3.63, 3.8) is 0 Å². The summed E-state index contributed by atoms with van der Waals surface area (Å²) in [6.07, 6.45) is 5.93. The van der Waals surface area contributed by atoms with E-state index in [4.69, 9.17) is 9.47 Å². The van der Waals surface area contributed by atoms with Gasteiger partial charge in [-0.3, -0.25) is 0 Å². The molecule has 0 bridgehead atoms. The van der Waals surface area contributed by atoms with E-state index >= 15 is 0 Å². The Morgan fingerprint density at radius 3 is 2.32 bits per heavy atom. The molecule has 0 radical (unpaired) electrons. The van der Waals surface area contributed by atoms with Gasteiger partial charge < -0.3 is 14.8 Å². The Morgan fingerprint density at radius 1 is 0.760 bits per heavy atom. The van der Waals surface area contributed by atoms with Gasteiger partial charge in [0.15, 0.2) is 0 Å². The van der Waals surface area contributed by atoms with E-state index in [0.717, 1.165) is 49.8 Å². The van der Waals surface area contributed by atoms with Crippen molar-refractivity contribution in [3.05, 3.63) is 54.1 Å². The molecular weight excluding hydrogens is 310 g/mol. The standard InChI is InChI=1S/C22H31NO2/c1-3-5-6-9-17-24-21-14-12-20(13-15-21)23-18-19-10-7-8-11-22(19)25-16-4-2/h7-8,10-15,23H,3-6,9,16-18H2,1-2H3. The maximum atomic E-state index is 5.81. The lowest BCUT2D eigenvalue weighted by atomic mass is 10.2. The van der Waals surface area contributed by atoms with Gasteiger partial charge in [0.25, 0.3) is 0 Å². The first kappa shape index (κ1) is 19.2. The second-order valence-corrected chi connectivity index (χ2v) is 6.24. The van der Waals surface area contributed by atoms with Crippen LogP contribution in [0.15, 0.2) is 48.5 Å². The molecule has 3 heteroatoms. The quantitative estimate of drug-likeness (QED) is 0.477. The van der Waals surface area contributed by atoms with Gasteiger partial charge >= 0.3 is 0 Å². The molecule has 0 heterocycles. The highest BCUT2D eigenvalue weighted by molar-refractivity contribution is 5.47. The Balaban J connectivity index is 1.79. The molecule has 25 heavy (non-hydrogen) atoms. The summed E-state index contributed by atoms with van der Waals surface area (Å²) in [4.78, 5) is 0.